The third-order valence-electron chi connectivity index (χ3n) is 3.92. The lowest BCUT2D eigenvalue weighted by Gasteiger charge is -2.15. The molecule has 3 rings (SSSR count). The molecule has 6 heteroatoms. The van der Waals surface area contributed by atoms with Crippen LogP contribution in [0.1, 0.15) is 11.1 Å². The van der Waals surface area contributed by atoms with Gasteiger partial charge in [0.05, 0.1) is 22.8 Å². The summed E-state index contributed by atoms with van der Waals surface area (Å²) >= 11 is 12.5. The van der Waals surface area contributed by atoms with E-state index in [1.807, 2.05) is 30.3 Å². The molecule has 0 atom stereocenters. The van der Waals surface area contributed by atoms with Crippen molar-refractivity contribution in [1.29, 1.82) is 0 Å². The van der Waals surface area contributed by atoms with Crippen LogP contribution < -0.4 is 14.8 Å². The molecular formula is C21H18Cl2FNO2. The number of para-hydroxylation sites is 1. The van der Waals surface area contributed by atoms with Crippen LogP contribution in [0.3, 0.4) is 0 Å². The summed E-state index contributed by atoms with van der Waals surface area (Å²) < 4.78 is 24.5. The maximum Gasteiger partial charge on any atom is 0.180 e. The molecule has 3 nitrogen and oxygen atoms in total. The number of nitrogens with one attached hydrogen (secondary N) is 1. The minimum Gasteiger partial charge on any atom is -0.493 e. The summed E-state index contributed by atoms with van der Waals surface area (Å²) in [7, 11) is 1.55. The maximum absolute atomic E-state index is 13.3. The summed E-state index contributed by atoms with van der Waals surface area (Å²) in [5.74, 6) is 0.620. The minimum atomic E-state index is -0.310. The van der Waals surface area contributed by atoms with Crippen molar-refractivity contribution in [3.8, 4) is 11.5 Å². The standard InChI is InChI=1S/C21H18Cl2FNO2/c1-26-20-11-15(12-25-19-8-3-2-7-17(19)22)10-18(23)21(20)27-13-14-5-4-6-16(24)9-14/h2-11,25H,12-13H2,1H3. The Bertz CT molecular complexity index is 934. The van der Waals surface area contributed by atoms with Crippen molar-refractivity contribution in [2.45, 2.75) is 13.2 Å². The van der Waals surface area contributed by atoms with E-state index in [2.05, 4.69) is 5.32 Å². The smallest absolute Gasteiger partial charge is 0.180 e. The highest BCUT2D eigenvalue weighted by atomic mass is 35.5. The highest BCUT2D eigenvalue weighted by molar-refractivity contribution is 6.33. The monoisotopic (exact) mass is 405 g/mol. The largest absolute Gasteiger partial charge is 0.493 e. The van der Waals surface area contributed by atoms with E-state index in [1.165, 1.54) is 12.1 Å². The van der Waals surface area contributed by atoms with E-state index >= 15 is 0 Å². The van der Waals surface area contributed by atoms with E-state index in [4.69, 9.17) is 32.7 Å². The van der Waals surface area contributed by atoms with Crippen molar-refractivity contribution in [1.82, 2.24) is 0 Å². The number of halogens is 3. The zero-order chi connectivity index (χ0) is 19.2. The van der Waals surface area contributed by atoms with E-state index < -0.39 is 0 Å². The fourth-order valence-electron chi connectivity index (χ4n) is 2.60. The summed E-state index contributed by atoms with van der Waals surface area (Å²) in [6.45, 7) is 0.703. The fourth-order valence-corrected chi connectivity index (χ4v) is 3.09. The van der Waals surface area contributed by atoms with Crippen LogP contribution >= 0.6 is 23.2 Å². The van der Waals surface area contributed by atoms with Crippen molar-refractivity contribution in [3.05, 3.63) is 87.7 Å². The third-order valence-corrected chi connectivity index (χ3v) is 4.53. The van der Waals surface area contributed by atoms with Gasteiger partial charge in [0.2, 0.25) is 0 Å². The first-order valence-electron chi connectivity index (χ1n) is 8.29. The number of methoxy groups -OCH3 is 1. The highest BCUT2D eigenvalue weighted by Gasteiger charge is 2.13. The predicted molar refractivity (Wildman–Crippen MR) is 108 cm³/mol. The summed E-state index contributed by atoms with van der Waals surface area (Å²) in [5.41, 5.74) is 2.45. The highest BCUT2D eigenvalue weighted by Crippen LogP contribution is 2.37. The average molecular weight is 406 g/mol. The Morgan fingerprint density at radius 1 is 0.926 bits per heavy atom. The molecule has 0 radical (unpaired) electrons. The van der Waals surface area contributed by atoms with Crippen LogP contribution in [-0.2, 0) is 13.2 Å². The minimum absolute atomic E-state index is 0.186. The Hall–Kier alpha value is -2.43. The molecule has 3 aromatic carbocycles. The van der Waals surface area contributed by atoms with Gasteiger partial charge in [0.25, 0.3) is 0 Å². The average Bonchev–Trinajstić information content (AvgIpc) is 2.66. The van der Waals surface area contributed by atoms with Crippen molar-refractivity contribution in [2.75, 3.05) is 12.4 Å². The van der Waals surface area contributed by atoms with Crippen LogP contribution in [0.2, 0.25) is 10.0 Å². The van der Waals surface area contributed by atoms with E-state index in [-0.39, 0.29) is 12.4 Å². The Morgan fingerprint density at radius 3 is 2.48 bits per heavy atom. The number of hydrogen-bond donors (Lipinski definition) is 1. The van der Waals surface area contributed by atoms with Crippen LogP contribution in [0, 0.1) is 5.82 Å². The van der Waals surface area contributed by atoms with Gasteiger partial charge in [0.15, 0.2) is 11.5 Å². The van der Waals surface area contributed by atoms with Crippen molar-refractivity contribution < 1.29 is 13.9 Å². The predicted octanol–water partition coefficient (Wildman–Crippen LogP) is 6.33. The van der Waals surface area contributed by atoms with Crippen LogP contribution in [0.5, 0.6) is 11.5 Å². The van der Waals surface area contributed by atoms with E-state index in [1.54, 1.807) is 25.3 Å². The summed E-state index contributed by atoms with van der Waals surface area (Å²) in [6, 6.07) is 17.4. The van der Waals surface area contributed by atoms with Gasteiger partial charge in [0, 0.05) is 6.54 Å². The van der Waals surface area contributed by atoms with Gasteiger partial charge in [-0.05, 0) is 47.5 Å². The molecule has 0 unspecified atom stereocenters. The molecule has 0 fully saturated rings. The summed E-state index contributed by atoms with van der Waals surface area (Å²) in [4.78, 5) is 0. The molecule has 0 aromatic heterocycles. The van der Waals surface area contributed by atoms with E-state index in [0.29, 0.717) is 33.7 Å². The van der Waals surface area contributed by atoms with Gasteiger partial charge in [-0.2, -0.15) is 0 Å². The second-order valence-electron chi connectivity index (χ2n) is 5.86. The Kier molecular flexibility index (Phi) is 6.43. The van der Waals surface area contributed by atoms with Gasteiger partial charge >= 0.3 is 0 Å². The molecule has 0 saturated carbocycles. The molecule has 0 aliphatic carbocycles. The van der Waals surface area contributed by atoms with Gasteiger partial charge in [-0.1, -0.05) is 47.5 Å². The number of benzene rings is 3. The summed E-state index contributed by atoms with van der Waals surface area (Å²) in [5, 5.41) is 4.33. The molecule has 0 bridgehead atoms. The van der Waals surface area contributed by atoms with Gasteiger partial charge < -0.3 is 14.8 Å². The quantitative estimate of drug-likeness (QED) is 0.497. The molecule has 0 amide bonds. The molecule has 0 aliphatic rings. The van der Waals surface area contributed by atoms with Crippen LogP contribution in [-0.4, -0.2) is 7.11 Å². The first kappa shape index (κ1) is 19.3. The van der Waals surface area contributed by atoms with Crippen LogP contribution in [0.25, 0.3) is 0 Å². The molecule has 3 aromatic rings. The maximum atomic E-state index is 13.3. The molecule has 0 aliphatic heterocycles. The van der Waals surface area contributed by atoms with E-state index in [0.717, 1.165) is 11.3 Å². The second-order valence-corrected chi connectivity index (χ2v) is 6.68. The topological polar surface area (TPSA) is 30.5 Å². The molecule has 0 saturated heterocycles. The number of anilines is 1. The molecule has 140 valence electrons. The van der Waals surface area contributed by atoms with Gasteiger partial charge in [0.1, 0.15) is 12.4 Å². The zero-order valence-corrected chi connectivity index (χ0v) is 16.1. The lowest BCUT2D eigenvalue weighted by Crippen LogP contribution is -2.03. The Balaban J connectivity index is 1.73. The van der Waals surface area contributed by atoms with Crippen molar-refractivity contribution in [2.24, 2.45) is 0 Å². The third kappa shape index (κ3) is 5.06. The number of hydrogen-bond acceptors (Lipinski definition) is 3. The lowest BCUT2D eigenvalue weighted by atomic mass is 10.2. The molecular weight excluding hydrogens is 388 g/mol. The second kappa shape index (κ2) is 8.98. The van der Waals surface area contributed by atoms with Gasteiger partial charge in [-0.3, -0.25) is 0 Å². The Labute approximate surface area is 167 Å². The SMILES string of the molecule is COc1cc(CNc2ccccc2Cl)cc(Cl)c1OCc1cccc(F)c1. The molecule has 0 heterocycles. The van der Waals surface area contributed by atoms with Gasteiger partial charge in [-0.25, -0.2) is 4.39 Å². The van der Waals surface area contributed by atoms with Gasteiger partial charge in [-0.15, -0.1) is 0 Å². The van der Waals surface area contributed by atoms with Crippen molar-refractivity contribution >= 4 is 28.9 Å². The first-order chi connectivity index (χ1) is 13.1. The first-order valence-corrected chi connectivity index (χ1v) is 9.04. The van der Waals surface area contributed by atoms with Crippen LogP contribution in [0.15, 0.2) is 60.7 Å². The molecule has 27 heavy (non-hydrogen) atoms. The normalized spacial score (nSPS) is 10.5. The number of ether oxygens (including phenoxy) is 2. The van der Waals surface area contributed by atoms with E-state index in [9.17, 15) is 4.39 Å². The molecule has 0 spiro atoms. The number of rotatable bonds is 7. The van der Waals surface area contributed by atoms with Crippen LogP contribution in [0.4, 0.5) is 10.1 Å². The Morgan fingerprint density at radius 2 is 1.74 bits per heavy atom. The van der Waals surface area contributed by atoms with Crippen molar-refractivity contribution in [3.63, 3.8) is 0 Å². The fraction of sp³-hybridized carbons (Fsp3) is 0.143. The lowest BCUT2D eigenvalue weighted by molar-refractivity contribution is 0.284. The summed E-state index contributed by atoms with van der Waals surface area (Å²) in [6.07, 6.45) is 0. The zero-order valence-electron chi connectivity index (χ0n) is 14.6. The molecule has 1 N–H and O–H groups in total.